The summed E-state index contributed by atoms with van der Waals surface area (Å²) in [5.74, 6) is 0. The van der Waals surface area contributed by atoms with Gasteiger partial charge in [0.15, 0.2) is 0 Å². The summed E-state index contributed by atoms with van der Waals surface area (Å²) in [6.07, 6.45) is 4.97. The van der Waals surface area contributed by atoms with E-state index in [1.807, 2.05) is 24.4 Å². The average molecular weight is 203 g/mol. The third-order valence-corrected chi connectivity index (χ3v) is 1.83. The SMILES string of the molecule is C=Cc1c(C)cccc1C=NC.CCC. The first-order valence-electron chi connectivity index (χ1n) is 5.35. The zero-order valence-corrected chi connectivity index (χ0v) is 10.2. The number of rotatable bonds is 2. The van der Waals surface area contributed by atoms with Gasteiger partial charge in [-0.15, -0.1) is 0 Å². The van der Waals surface area contributed by atoms with Gasteiger partial charge in [0.1, 0.15) is 0 Å². The van der Waals surface area contributed by atoms with E-state index < -0.39 is 0 Å². The van der Waals surface area contributed by atoms with Crippen LogP contribution in [0, 0.1) is 6.92 Å². The molecular weight excluding hydrogens is 182 g/mol. The van der Waals surface area contributed by atoms with Gasteiger partial charge in [-0.05, 0) is 23.6 Å². The van der Waals surface area contributed by atoms with E-state index in [4.69, 9.17) is 0 Å². The van der Waals surface area contributed by atoms with Crippen molar-refractivity contribution >= 4 is 12.3 Å². The molecule has 0 N–H and O–H groups in total. The summed E-state index contributed by atoms with van der Waals surface area (Å²) in [6.45, 7) is 10.1. The minimum Gasteiger partial charge on any atom is -0.296 e. The predicted molar refractivity (Wildman–Crippen MR) is 70.8 cm³/mol. The molecule has 0 fully saturated rings. The highest BCUT2D eigenvalue weighted by Crippen LogP contribution is 2.13. The van der Waals surface area contributed by atoms with Gasteiger partial charge in [0.2, 0.25) is 0 Å². The Kier molecular flexibility index (Phi) is 7.25. The van der Waals surface area contributed by atoms with Crippen LogP contribution in [0.5, 0.6) is 0 Å². The number of hydrogen-bond donors (Lipinski definition) is 0. The van der Waals surface area contributed by atoms with Crippen LogP contribution in [0.2, 0.25) is 0 Å². The van der Waals surface area contributed by atoms with Gasteiger partial charge in [-0.1, -0.05) is 51.1 Å². The summed E-state index contributed by atoms with van der Waals surface area (Å²) in [4.78, 5) is 3.98. The Hall–Kier alpha value is -1.37. The van der Waals surface area contributed by atoms with E-state index in [1.165, 1.54) is 17.5 Å². The maximum atomic E-state index is 3.98. The van der Waals surface area contributed by atoms with Crippen LogP contribution in [-0.4, -0.2) is 13.3 Å². The lowest BCUT2D eigenvalue weighted by Gasteiger charge is -2.03. The van der Waals surface area contributed by atoms with Crippen molar-refractivity contribution in [3.05, 3.63) is 41.5 Å². The van der Waals surface area contributed by atoms with Crippen LogP contribution >= 0.6 is 0 Å². The third-order valence-electron chi connectivity index (χ3n) is 1.83. The van der Waals surface area contributed by atoms with E-state index >= 15 is 0 Å². The molecule has 1 rings (SSSR count). The molecule has 1 nitrogen and oxygen atoms in total. The smallest absolute Gasteiger partial charge is 0.0287 e. The number of hydrogen-bond acceptors (Lipinski definition) is 1. The topological polar surface area (TPSA) is 12.4 Å². The van der Waals surface area contributed by atoms with Gasteiger partial charge in [0.25, 0.3) is 0 Å². The normalized spacial score (nSPS) is 9.60. The van der Waals surface area contributed by atoms with Gasteiger partial charge in [0, 0.05) is 13.3 Å². The standard InChI is InChI=1S/C11H13N.C3H8/c1-4-11-9(2)6-5-7-10(11)8-12-3;1-3-2/h4-8H,1H2,2-3H3;3H2,1-2H3. The van der Waals surface area contributed by atoms with Crippen molar-refractivity contribution in [1.29, 1.82) is 0 Å². The summed E-state index contributed by atoms with van der Waals surface area (Å²) in [6, 6.07) is 6.14. The zero-order chi connectivity index (χ0) is 11.7. The number of nitrogens with zero attached hydrogens (tertiary/aromatic N) is 1. The van der Waals surface area contributed by atoms with Crippen LogP contribution in [0.15, 0.2) is 29.8 Å². The molecule has 1 aromatic rings. The van der Waals surface area contributed by atoms with Gasteiger partial charge in [-0.25, -0.2) is 0 Å². The Morgan fingerprint density at radius 2 is 1.93 bits per heavy atom. The molecule has 0 aliphatic heterocycles. The van der Waals surface area contributed by atoms with E-state index in [0.717, 1.165) is 5.56 Å². The number of aryl methyl sites for hydroxylation is 1. The van der Waals surface area contributed by atoms with Crippen LogP contribution in [0.4, 0.5) is 0 Å². The molecule has 0 saturated carbocycles. The van der Waals surface area contributed by atoms with Gasteiger partial charge in [-0.2, -0.15) is 0 Å². The quantitative estimate of drug-likeness (QED) is 0.642. The highest BCUT2D eigenvalue weighted by atomic mass is 14.6. The lowest BCUT2D eigenvalue weighted by molar-refractivity contribution is 1.09. The third kappa shape index (κ3) is 4.59. The maximum Gasteiger partial charge on any atom is 0.0287 e. The number of benzene rings is 1. The molecule has 0 amide bonds. The molecule has 1 heteroatoms. The predicted octanol–water partition coefficient (Wildman–Crippen LogP) is 4.10. The Balaban J connectivity index is 0.000000583. The van der Waals surface area contributed by atoms with E-state index in [2.05, 4.69) is 38.4 Å². The molecule has 15 heavy (non-hydrogen) atoms. The fraction of sp³-hybridized carbons (Fsp3) is 0.357. The summed E-state index contributed by atoms with van der Waals surface area (Å²) < 4.78 is 0. The molecule has 1 aromatic carbocycles. The van der Waals surface area contributed by atoms with Crippen molar-refractivity contribution in [2.24, 2.45) is 4.99 Å². The van der Waals surface area contributed by atoms with Crippen molar-refractivity contribution in [2.45, 2.75) is 27.2 Å². The number of aliphatic imine (C=N–C) groups is 1. The Morgan fingerprint density at radius 3 is 2.40 bits per heavy atom. The Bertz CT molecular complexity index is 324. The second kappa shape index (κ2) is 7.98. The molecule has 0 aliphatic rings. The van der Waals surface area contributed by atoms with Crippen LogP contribution in [0.1, 0.15) is 37.0 Å². The van der Waals surface area contributed by atoms with E-state index in [0.29, 0.717) is 0 Å². The second-order valence-corrected chi connectivity index (χ2v) is 3.38. The van der Waals surface area contributed by atoms with Crippen molar-refractivity contribution in [3.8, 4) is 0 Å². The molecule has 0 atom stereocenters. The molecule has 0 heterocycles. The molecule has 0 aromatic heterocycles. The molecule has 82 valence electrons. The average Bonchev–Trinajstić information content (AvgIpc) is 2.20. The lowest BCUT2D eigenvalue weighted by atomic mass is 10.0. The van der Waals surface area contributed by atoms with Crippen molar-refractivity contribution in [1.82, 2.24) is 0 Å². The fourth-order valence-corrected chi connectivity index (χ4v) is 1.23. The first-order chi connectivity index (χ1) is 7.21. The first-order valence-corrected chi connectivity index (χ1v) is 5.35. The maximum absolute atomic E-state index is 3.98. The minimum atomic E-state index is 1.13. The zero-order valence-electron chi connectivity index (χ0n) is 10.2. The summed E-state index contributed by atoms with van der Waals surface area (Å²) >= 11 is 0. The van der Waals surface area contributed by atoms with E-state index in [9.17, 15) is 0 Å². The van der Waals surface area contributed by atoms with E-state index in [1.54, 1.807) is 7.05 Å². The molecule has 0 radical (unpaired) electrons. The van der Waals surface area contributed by atoms with Crippen molar-refractivity contribution in [3.63, 3.8) is 0 Å². The largest absolute Gasteiger partial charge is 0.296 e. The molecule has 0 spiro atoms. The van der Waals surface area contributed by atoms with Crippen LogP contribution < -0.4 is 0 Å². The van der Waals surface area contributed by atoms with Crippen LogP contribution in [0.25, 0.3) is 6.08 Å². The van der Waals surface area contributed by atoms with Crippen LogP contribution in [-0.2, 0) is 0 Å². The monoisotopic (exact) mass is 203 g/mol. The highest BCUT2D eigenvalue weighted by molar-refractivity contribution is 5.86. The van der Waals surface area contributed by atoms with Crippen LogP contribution in [0.3, 0.4) is 0 Å². The molecule has 0 aliphatic carbocycles. The first kappa shape index (κ1) is 13.6. The fourth-order valence-electron chi connectivity index (χ4n) is 1.23. The summed E-state index contributed by atoms with van der Waals surface area (Å²) in [7, 11) is 1.77. The Labute approximate surface area is 93.6 Å². The van der Waals surface area contributed by atoms with Gasteiger partial charge in [0.05, 0.1) is 0 Å². The van der Waals surface area contributed by atoms with Crippen molar-refractivity contribution in [2.75, 3.05) is 7.05 Å². The Morgan fingerprint density at radius 1 is 1.33 bits per heavy atom. The molecule has 0 saturated heterocycles. The minimum absolute atomic E-state index is 1.13. The summed E-state index contributed by atoms with van der Waals surface area (Å²) in [5, 5.41) is 0. The molecule has 0 bridgehead atoms. The lowest BCUT2D eigenvalue weighted by Crippen LogP contribution is -1.89. The molecular formula is C14H21N. The second-order valence-electron chi connectivity index (χ2n) is 3.38. The summed E-state index contributed by atoms with van der Waals surface area (Å²) in [5.41, 5.74) is 3.54. The van der Waals surface area contributed by atoms with Gasteiger partial charge >= 0.3 is 0 Å². The highest BCUT2D eigenvalue weighted by Gasteiger charge is 1.97. The van der Waals surface area contributed by atoms with E-state index in [-0.39, 0.29) is 0 Å². The van der Waals surface area contributed by atoms with Gasteiger partial charge < -0.3 is 0 Å². The molecule has 0 unspecified atom stereocenters. The van der Waals surface area contributed by atoms with Crippen molar-refractivity contribution < 1.29 is 0 Å². The van der Waals surface area contributed by atoms with Gasteiger partial charge in [-0.3, -0.25) is 4.99 Å².